The predicted octanol–water partition coefficient (Wildman–Crippen LogP) is 3.79. The molecule has 2 saturated heterocycles. The largest absolute Gasteiger partial charge is 0.396 e. The molecule has 2 aromatic carbocycles. The van der Waals surface area contributed by atoms with Crippen LogP contribution in [0.2, 0.25) is 0 Å². The van der Waals surface area contributed by atoms with Crippen LogP contribution < -0.4 is 0 Å². The normalized spacial score (nSPS) is 27.4. The maximum absolute atomic E-state index is 12.9. The Labute approximate surface area is 168 Å². The molecule has 2 aliphatic heterocycles. The molecule has 1 N–H and O–H groups in total. The topological polar surface area (TPSA) is 57.6 Å². The zero-order chi connectivity index (χ0) is 19.8. The summed E-state index contributed by atoms with van der Waals surface area (Å²) >= 11 is 0. The molecule has 150 valence electrons. The maximum Gasteiger partial charge on any atom is 0.182 e. The number of hydrogen-bond acceptors (Lipinski definition) is 4. The van der Waals surface area contributed by atoms with Gasteiger partial charge in [0, 0.05) is 24.0 Å². The van der Waals surface area contributed by atoms with Crippen molar-refractivity contribution in [3.05, 3.63) is 65.7 Å². The minimum absolute atomic E-state index is 0.00791. The smallest absolute Gasteiger partial charge is 0.182 e. The highest BCUT2D eigenvalue weighted by Gasteiger charge is 2.54. The molecule has 3 atom stereocenters. The van der Waals surface area contributed by atoms with Crippen LogP contribution in [0.15, 0.2) is 59.5 Å². The van der Waals surface area contributed by atoms with Crippen LogP contribution in [0, 0.1) is 5.41 Å². The predicted molar refractivity (Wildman–Crippen MR) is 111 cm³/mol. The zero-order valence-corrected chi connectivity index (χ0v) is 17.2. The lowest BCUT2D eigenvalue weighted by molar-refractivity contribution is 0.0713. The fourth-order valence-corrected chi connectivity index (χ4v) is 6.71. The van der Waals surface area contributed by atoms with E-state index >= 15 is 0 Å². The average Bonchev–Trinajstić information content (AvgIpc) is 3.24. The number of aliphatic hydroxyl groups is 1. The van der Waals surface area contributed by atoms with Crippen LogP contribution in [-0.4, -0.2) is 37.1 Å². The second kappa shape index (κ2) is 7.62. The molecular weight excluding hydrogens is 370 g/mol. The minimum Gasteiger partial charge on any atom is -0.396 e. The molecule has 0 aliphatic carbocycles. The molecule has 0 unspecified atom stereocenters. The van der Waals surface area contributed by atoms with Gasteiger partial charge in [0.05, 0.1) is 17.3 Å². The summed E-state index contributed by atoms with van der Waals surface area (Å²) in [7, 11) is -3.37. The third-order valence-electron chi connectivity index (χ3n) is 6.93. The molecule has 4 nitrogen and oxygen atoms in total. The number of nitrogens with zero attached hydrogens (tertiary/aromatic N) is 1. The average molecular weight is 400 g/mol. The third-order valence-corrected chi connectivity index (χ3v) is 8.61. The van der Waals surface area contributed by atoms with E-state index in [2.05, 4.69) is 17.9 Å². The first-order valence-electron chi connectivity index (χ1n) is 10.2. The molecular formula is C23H29NO3S. The fourth-order valence-electron chi connectivity index (χ4n) is 5.29. The Morgan fingerprint density at radius 1 is 1.04 bits per heavy atom. The van der Waals surface area contributed by atoms with E-state index < -0.39 is 9.84 Å². The van der Waals surface area contributed by atoms with Gasteiger partial charge < -0.3 is 5.11 Å². The molecule has 0 radical (unpaired) electrons. The van der Waals surface area contributed by atoms with Gasteiger partial charge in [-0.05, 0) is 48.9 Å². The molecule has 4 rings (SSSR count). The standard InChI is InChI=1S/C23H29NO3S/c1-2-23(17-25)14-20-12-13-22(23)24(20)15-18-8-6-7-9-19(18)16-28(26,27)21-10-4-3-5-11-21/h3-11,20,22,25H,2,12-17H2,1H3/t20-,22+,23-/m1/s1. The molecule has 28 heavy (non-hydrogen) atoms. The second-order valence-electron chi connectivity index (χ2n) is 8.34. The van der Waals surface area contributed by atoms with Crippen LogP contribution in [0.3, 0.4) is 0 Å². The number of benzene rings is 2. The van der Waals surface area contributed by atoms with Gasteiger partial charge in [-0.3, -0.25) is 4.90 Å². The second-order valence-corrected chi connectivity index (χ2v) is 10.3. The summed E-state index contributed by atoms with van der Waals surface area (Å²) in [5, 5.41) is 10.0. The van der Waals surface area contributed by atoms with Crippen molar-refractivity contribution in [2.24, 2.45) is 5.41 Å². The number of aliphatic hydroxyl groups excluding tert-OH is 1. The Morgan fingerprint density at radius 2 is 1.71 bits per heavy atom. The summed E-state index contributed by atoms with van der Waals surface area (Å²) in [5.74, 6) is 0.0231. The van der Waals surface area contributed by atoms with Gasteiger partial charge in [0.2, 0.25) is 0 Å². The fraction of sp³-hybridized carbons (Fsp3) is 0.478. The van der Waals surface area contributed by atoms with E-state index in [1.807, 2.05) is 24.3 Å². The molecule has 2 fully saturated rings. The Balaban J connectivity index is 1.58. The van der Waals surface area contributed by atoms with Gasteiger partial charge in [-0.25, -0.2) is 8.42 Å². The Morgan fingerprint density at radius 3 is 2.36 bits per heavy atom. The Bertz CT molecular complexity index is 922. The van der Waals surface area contributed by atoms with Crippen molar-refractivity contribution >= 4 is 9.84 Å². The first-order valence-corrected chi connectivity index (χ1v) is 11.9. The summed E-state index contributed by atoms with van der Waals surface area (Å²) in [4.78, 5) is 2.89. The van der Waals surface area contributed by atoms with Gasteiger partial charge in [0.1, 0.15) is 0 Å². The Kier molecular flexibility index (Phi) is 5.34. The molecule has 2 aromatic rings. The summed E-state index contributed by atoms with van der Waals surface area (Å²) in [5.41, 5.74) is 1.97. The summed E-state index contributed by atoms with van der Waals surface area (Å²) in [6, 6.07) is 17.5. The molecule has 2 aliphatic rings. The van der Waals surface area contributed by atoms with Gasteiger partial charge in [0.15, 0.2) is 9.84 Å². The van der Waals surface area contributed by atoms with E-state index in [0.717, 1.165) is 36.9 Å². The van der Waals surface area contributed by atoms with E-state index in [0.29, 0.717) is 17.0 Å². The van der Waals surface area contributed by atoms with Crippen LogP contribution in [0.1, 0.15) is 43.7 Å². The van der Waals surface area contributed by atoms with Crippen LogP contribution in [0.4, 0.5) is 0 Å². The summed E-state index contributed by atoms with van der Waals surface area (Å²) < 4.78 is 25.8. The molecule has 0 spiro atoms. The zero-order valence-electron chi connectivity index (χ0n) is 16.4. The van der Waals surface area contributed by atoms with Crippen molar-refractivity contribution in [2.75, 3.05) is 6.61 Å². The number of rotatable bonds is 7. The highest BCUT2D eigenvalue weighted by atomic mass is 32.2. The lowest BCUT2D eigenvalue weighted by Crippen LogP contribution is -2.39. The highest BCUT2D eigenvalue weighted by molar-refractivity contribution is 7.90. The highest BCUT2D eigenvalue weighted by Crippen LogP contribution is 2.52. The van der Waals surface area contributed by atoms with Crippen LogP contribution in [0.25, 0.3) is 0 Å². The quantitative estimate of drug-likeness (QED) is 0.770. The van der Waals surface area contributed by atoms with Crippen molar-refractivity contribution in [3.8, 4) is 0 Å². The van der Waals surface area contributed by atoms with Crippen LogP contribution >= 0.6 is 0 Å². The molecule has 0 aromatic heterocycles. The van der Waals surface area contributed by atoms with E-state index in [1.54, 1.807) is 24.3 Å². The SMILES string of the molecule is CC[C@]1(CO)C[C@H]2CC[C@@H]1N2Cc1ccccc1CS(=O)(=O)c1ccccc1. The van der Waals surface area contributed by atoms with E-state index in [9.17, 15) is 13.5 Å². The molecule has 2 bridgehead atoms. The summed E-state index contributed by atoms with van der Waals surface area (Å²) in [6.07, 6.45) is 4.35. The number of hydrogen-bond donors (Lipinski definition) is 1. The van der Waals surface area contributed by atoms with Gasteiger partial charge in [-0.1, -0.05) is 49.4 Å². The van der Waals surface area contributed by atoms with Gasteiger partial charge in [-0.15, -0.1) is 0 Å². The first kappa shape index (κ1) is 19.6. The maximum atomic E-state index is 12.9. The van der Waals surface area contributed by atoms with Crippen molar-refractivity contribution in [2.45, 2.75) is 61.9 Å². The van der Waals surface area contributed by atoms with E-state index in [-0.39, 0.29) is 17.8 Å². The van der Waals surface area contributed by atoms with Crippen molar-refractivity contribution in [3.63, 3.8) is 0 Å². The van der Waals surface area contributed by atoms with Gasteiger partial charge >= 0.3 is 0 Å². The third kappa shape index (κ3) is 3.40. The van der Waals surface area contributed by atoms with Crippen LogP contribution in [-0.2, 0) is 22.1 Å². The Hall–Kier alpha value is -1.69. The number of sulfone groups is 1. The first-order chi connectivity index (χ1) is 13.5. The number of fused-ring (bicyclic) bond motifs is 2. The van der Waals surface area contributed by atoms with Crippen molar-refractivity contribution in [1.29, 1.82) is 0 Å². The van der Waals surface area contributed by atoms with Gasteiger partial charge in [-0.2, -0.15) is 0 Å². The molecule has 2 heterocycles. The lowest BCUT2D eigenvalue weighted by Gasteiger charge is -2.35. The van der Waals surface area contributed by atoms with Crippen molar-refractivity contribution in [1.82, 2.24) is 4.90 Å². The van der Waals surface area contributed by atoms with E-state index in [4.69, 9.17) is 0 Å². The van der Waals surface area contributed by atoms with Gasteiger partial charge in [0.25, 0.3) is 0 Å². The summed E-state index contributed by atoms with van der Waals surface area (Å²) in [6.45, 7) is 3.18. The lowest BCUT2D eigenvalue weighted by atomic mass is 9.72. The molecule has 0 saturated carbocycles. The minimum atomic E-state index is -3.37. The van der Waals surface area contributed by atoms with Crippen LogP contribution in [0.5, 0.6) is 0 Å². The van der Waals surface area contributed by atoms with Crippen molar-refractivity contribution < 1.29 is 13.5 Å². The molecule has 5 heteroatoms. The molecule has 0 amide bonds. The van der Waals surface area contributed by atoms with E-state index in [1.165, 1.54) is 6.42 Å². The monoisotopic (exact) mass is 399 g/mol.